The van der Waals surface area contributed by atoms with Gasteiger partial charge in [-0.05, 0) is 39.2 Å². The molecule has 0 spiro atoms. The molecule has 0 radical (unpaired) electrons. The number of amides is 2. The molecule has 34 heavy (non-hydrogen) atoms. The normalized spacial score (nSPS) is 11.6. The average molecular weight is 530 g/mol. The number of aromatic amines is 1. The summed E-state index contributed by atoms with van der Waals surface area (Å²) in [6, 6.07) is 11.8. The number of H-pyrrole nitrogens is 1. The maximum Gasteiger partial charge on any atom is 0.408 e. The number of hydrogen-bond acceptors (Lipinski definition) is 7. The number of aromatic nitrogens is 2. The standard InChI is InChI=1S/C23H24BrN5O5/c1-32-20-9-16(8-18(24)21(20)33-2)11-27-29-22(30)19(10-17-12-25-14-26-17)28-23(31)34-13-15-6-4-3-5-7-15/h3-9,11-12,14,19H,10,13H2,1-2H3,(H,25,26)(H,28,31)(H,29,30)/b27-11-/t19-/m1/s1. The van der Waals surface area contributed by atoms with E-state index < -0.39 is 18.0 Å². The number of rotatable bonds is 10. The monoisotopic (exact) mass is 529 g/mol. The molecule has 0 aliphatic rings. The zero-order chi connectivity index (χ0) is 24.3. The van der Waals surface area contributed by atoms with Crippen molar-refractivity contribution in [1.29, 1.82) is 0 Å². The van der Waals surface area contributed by atoms with Gasteiger partial charge in [-0.25, -0.2) is 15.2 Å². The number of halogens is 1. The molecule has 1 heterocycles. The van der Waals surface area contributed by atoms with Crippen molar-refractivity contribution in [3.8, 4) is 11.5 Å². The van der Waals surface area contributed by atoms with Crippen LogP contribution in [0.25, 0.3) is 0 Å². The molecule has 0 saturated carbocycles. The fraction of sp³-hybridized carbons (Fsp3) is 0.217. The van der Waals surface area contributed by atoms with Crippen molar-refractivity contribution in [1.82, 2.24) is 20.7 Å². The van der Waals surface area contributed by atoms with Crippen molar-refractivity contribution >= 4 is 34.1 Å². The first kappa shape index (κ1) is 24.8. The number of carbonyl (C=O) groups is 2. The van der Waals surface area contributed by atoms with Crippen LogP contribution in [0.3, 0.4) is 0 Å². The predicted octanol–water partition coefficient (Wildman–Crippen LogP) is 3.18. The van der Waals surface area contributed by atoms with Crippen molar-refractivity contribution in [2.24, 2.45) is 5.10 Å². The van der Waals surface area contributed by atoms with Gasteiger partial charge in [-0.3, -0.25) is 4.79 Å². The third-order valence-corrected chi connectivity index (χ3v) is 5.23. The molecule has 0 saturated heterocycles. The average Bonchev–Trinajstić information content (AvgIpc) is 3.35. The molecule has 3 rings (SSSR count). The number of carbonyl (C=O) groups excluding carboxylic acids is 2. The summed E-state index contributed by atoms with van der Waals surface area (Å²) in [6.45, 7) is 0.0808. The first-order valence-corrected chi connectivity index (χ1v) is 11.0. The van der Waals surface area contributed by atoms with Crippen molar-refractivity contribution in [3.05, 3.63) is 76.3 Å². The Balaban J connectivity index is 1.64. The molecule has 10 nitrogen and oxygen atoms in total. The van der Waals surface area contributed by atoms with Crippen LogP contribution >= 0.6 is 15.9 Å². The minimum atomic E-state index is -0.946. The van der Waals surface area contributed by atoms with E-state index in [4.69, 9.17) is 14.2 Å². The molecule has 3 aromatic rings. The Hall–Kier alpha value is -3.86. The number of benzene rings is 2. The quantitative estimate of drug-likeness (QED) is 0.273. The van der Waals surface area contributed by atoms with E-state index in [0.717, 1.165) is 5.56 Å². The molecule has 0 aliphatic heterocycles. The maximum absolute atomic E-state index is 12.8. The van der Waals surface area contributed by atoms with Crippen LogP contribution in [0.1, 0.15) is 16.8 Å². The lowest BCUT2D eigenvalue weighted by Gasteiger charge is -2.16. The Bertz CT molecular complexity index is 1120. The molecule has 2 aromatic carbocycles. The number of methoxy groups -OCH3 is 2. The van der Waals surface area contributed by atoms with E-state index in [0.29, 0.717) is 27.2 Å². The number of nitrogens with one attached hydrogen (secondary N) is 3. The lowest BCUT2D eigenvalue weighted by molar-refractivity contribution is -0.123. The Morgan fingerprint density at radius 3 is 2.68 bits per heavy atom. The van der Waals surface area contributed by atoms with Gasteiger partial charge in [0.15, 0.2) is 11.5 Å². The minimum Gasteiger partial charge on any atom is -0.493 e. The van der Waals surface area contributed by atoms with Crippen LogP contribution in [0.4, 0.5) is 4.79 Å². The number of ether oxygens (including phenoxy) is 3. The SMILES string of the molecule is COc1cc(/C=N\NC(=O)[C@@H](Cc2cnc[nH]2)NC(=O)OCc2ccccc2)cc(Br)c1OC. The summed E-state index contributed by atoms with van der Waals surface area (Å²) in [5, 5.41) is 6.58. The van der Waals surface area contributed by atoms with E-state index >= 15 is 0 Å². The molecule has 0 aliphatic carbocycles. The summed E-state index contributed by atoms with van der Waals surface area (Å²) in [7, 11) is 3.06. The molecular formula is C23H24BrN5O5. The van der Waals surface area contributed by atoms with Crippen LogP contribution in [0.5, 0.6) is 11.5 Å². The molecule has 11 heteroatoms. The van der Waals surface area contributed by atoms with Crippen LogP contribution in [-0.4, -0.2) is 48.4 Å². The number of hydrogen-bond donors (Lipinski definition) is 3. The van der Waals surface area contributed by atoms with E-state index in [1.165, 1.54) is 26.8 Å². The molecule has 1 aromatic heterocycles. The predicted molar refractivity (Wildman–Crippen MR) is 129 cm³/mol. The largest absolute Gasteiger partial charge is 0.493 e. The van der Waals surface area contributed by atoms with Crippen LogP contribution in [-0.2, 0) is 22.6 Å². The zero-order valence-corrected chi connectivity index (χ0v) is 20.2. The van der Waals surface area contributed by atoms with E-state index in [9.17, 15) is 9.59 Å². The van der Waals surface area contributed by atoms with Gasteiger partial charge in [-0.15, -0.1) is 0 Å². The molecular weight excluding hydrogens is 506 g/mol. The number of hydrazone groups is 1. The molecule has 3 N–H and O–H groups in total. The third-order valence-electron chi connectivity index (χ3n) is 4.64. The summed E-state index contributed by atoms with van der Waals surface area (Å²) in [5.74, 6) is 0.521. The van der Waals surface area contributed by atoms with Crippen molar-refractivity contribution in [3.63, 3.8) is 0 Å². The highest BCUT2D eigenvalue weighted by atomic mass is 79.9. The van der Waals surface area contributed by atoms with Gasteiger partial charge < -0.3 is 24.5 Å². The van der Waals surface area contributed by atoms with Gasteiger partial charge in [0.2, 0.25) is 0 Å². The summed E-state index contributed by atoms with van der Waals surface area (Å²) < 4.78 is 16.5. The number of nitrogens with zero attached hydrogens (tertiary/aromatic N) is 2. The van der Waals surface area contributed by atoms with E-state index in [1.54, 1.807) is 18.3 Å². The summed E-state index contributed by atoms with van der Waals surface area (Å²) in [4.78, 5) is 31.9. The molecule has 2 amide bonds. The Labute approximate surface area is 204 Å². The van der Waals surface area contributed by atoms with E-state index in [1.807, 2.05) is 30.3 Å². The molecule has 0 unspecified atom stereocenters. The van der Waals surface area contributed by atoms with Crippen LogP contribution in [0.15, 0.2) is 64.6 Å². The highest BCUT2D eigenvalue weighted by Crippen LogP contribution is 2.35. The molecule has 0 fully saturated rings. The Kier molecular flexibility index (Phi) is 9.04. The minimum absolute atomic E-state index is 0.0808. The molecule has 1 atom stereocenters. The summed E-state index contributed by atoms with van der Waals surface area (Å²) in [6.07, 6.45) is 3.96. The Morgan fingerprint density at radius 2 is 2.00 bits per heavy atom. The fourth-order valence-electron chi connectivity index (χ4n) is 2.99. The number of imidazole rings is 1. The molecule has 0 bridgehead atoms. The van der Waals surface area contributed by atoms with Crippen LogP contribution in [0.2, 0.25) is 0 Å². The number of alkyl carbamates (subject to hydrolysis) is 1. The summed E-state index contributed by atoms with van der Waals surface area (Å²) in [5.41, 5.74) is 4.60. The van der Waals surface area contributed by atoms with E-state index in [2.05, 4.69) is 41.7 Å². The smallest absolute Gasteiger partial charge is 0.408 e. The lowest BCUT2D eigenvalue weighted by Crippen LogP contribution is -2.47. The second-order valence-electron chi connectivity index (χ2n) is 7.01. The highest BCUT2D eigenvalue weighted by Gasteiger charge is 2.22. The van der Waals surface area contributed by atoms with Crippen molar-refractivity contribution < 1.29 is 23.8 Å². The zero-order valence-electron chi connectivity index (χ0n) is 18.6. The first-order chi connectivity index (χ1) is 16.5. The van der Waals surface area contributed by atoms with Gasteiger partial charge in [-0.2, -0.15) is 5.10 Å². The van der Waals surface area contributed by atoms with Crippen LogP contribution < -0.4 is 20.2 Å². The van der Waals surface area contributed by atoms with Crippen molar-refractivity contribution in [2.75, 3.05) is 14.2 Å². The first-order valence-electron chi connectivity index (χ1n) is 10.2. The van der Waals surface area contributed by atoms with Gasteiger partial charge in [0, 0.05) is 18.3 Å². The topological polar surface area (TPSA) is 127 Å². The Morgan fingerprint density at radius 1 is 1.21 bits per heavy atom. The van der Waals surface area contributed by atoms with Gasteiger partial charge in [0.25, 0.3) is 5.91 Å². The van der Waals surface area contributed by atoms with E-state index in [-0.39, 0.29) is 13.0 Å². The van der Waals surface area contributed by atoms with Gasteiger partial charge in [-0.1, -0.05) is 30.3 Å². The second kappa shape index (κ2) is 12.4. The fourth-order valence-corrected chi connectivity index (χ4v) is 3.61. The lowest BCUT2D eigenvalue weighted by atomic mass is 10.1. The highest BCUT2D eigenvalue weighted by molar-refractivity contribution is 9.10. The second-order valence-corrected chi connectivity index (χ2v) is 7.87. The maximum atomic E-state index is 12.8. The van der Waals surface area contributed by atoms with Gasteiger partial charge >= 0.3 is 6.09 Å². The molecule has 178 valence electrons. The summed E-state index contributed by atoms with van der Waals surface area (Å²) >= 11 is 3.41. The third kappa shape index (κ3) is 7.07. The van der Waals surface area contributed by atoms with Gasteiger partial charge in [0.05, 0.1) is 31.2 Å². The van der Waals surface area contributed by atoms with Crippen molar-refractivity contribution in [2.45, 2.75) is 19.1 Å². The van der Waals surface area contributed by atoms with Gasteiger partial charge in [0.1, 0.15) is 12.6 Å². The van der Waals surface area contributed by atoms with Crippen LogP contribution in [0, 0.1) is 0 Å².